The number of ether oxygens (including phenoxy) is 1. The van der Waals surface area contributed by atoms with E-state index in [0.29, 0.717) is 19.6 Å². The molecule has 0 aromatic carbocycles. The van der Waals surface area contributed by atoms with E-state index >= 15 is 0 Å². The lowest BCUT2D eigenvalue weighted by molar-refractivity contribution is -0.135. The van der Waals surface area contributed by atoms with Crippen LogP contribution in [0.3, 0.4) is 0 Å². The van der Waals surface area contributed by atoms with Gasteiger partial charge in [0.1, 0.15) is 0 Å². The Kier molecular flexibility index (Phi) is 5.16. The zero-order valence-corrected chi connectivity index (χ0v) is 11.6. The molecule has 1 aromatic rings. The highest BCUT2D eigenvalue weighted by molar-refractivity contribution is 7.11. The van der Waals surface area contributed by atoms with Crippen molar-refractivity contribution in [1.82, 2.24) is 10.2 Å². The minimum Gasteiger partial charge on any atom is -0.378 e. The van der Waals surface area contributed by atoms with E-state index in [-0.39, 0.29) is 5.91 Å². The Balaban J connectivity index is 1.61. The van der Waals surface area contributed by atoms with Crippen molar-refractivity contribution in [2.75, 3.05) is 32.8 Å². The minimum absolute atomic E-state index is 0.230. The summed E-state index contributed by atoms with van der Waals surface area (Å²) in [5.41, 5.74) is 0. The fraction of sp³-hybridized carbons (Fsp3) is 0.615. The summed E-state index contributed by atoms with van der Waals surface area (Å²) in [6, 6.07) is 4.26. The van der Waals surface area contributed by atoms with Crippen molar-refractivity contribution in [1.29, 1.82) is 0 Å². The highest BCUT2D eigenvalue weighted by Gasteiger charge is 2.15. The van der Waals surface area contributed by atoms with Gasteiger partial charge >= 0.3 is 0 Å². The van der Waals surface area contributed by atoms with Crippen LogP contribution in [0.5, 0.6) is 0 Å². The monoisotopic (exact) mass is 268 g/mol. The first-order valence-corrected chi connectivity index (χ1v) is 7.19. The van der Waals surface area contributed by atoms with Crippen molar-refractivity contribution in [2.45, 2.75) is 19.9 Å². The van der Waals surface area contributed by atoms with E-state index in [9.17, 15) is 4.79 Å². The van der Waals surface area contributed by atoms with Crippen molar-refractivity contribution in [3.63, 3.8) is 0 Å². The first kappa shape index (κ1) is 13.5. The number of rotatable bonds is 5. The highest BCUT2D eigenvalue weighted by Crippen LogP contribution is 2.14. The molecule has 2 heterocycles. The molecule has 18 heavy (non-hydrogen) atoms. The Morgan fingerprint density at radius 3 is 2.89 bits per heavy atom. The van der Waals surface area contributed by atoms with Gasteiger partial charge in [0.15, 0.2) is 0 Å². The molecule has 0 saturated carbocycles. The van der Waals surface area contributed by atoms with Gasteiger partial charge in [-0.05, 0) is 19.1 Å². The fourth-order valence-electron chi connectivity index (χ4n) is 1.96. The number of carbonyl (C=O) groups is 1. The number of nitrogens with one attached hydrogen (secondary N) is 1. The Bertz CT molecular complexity index is 386. The van der Waals surface area contributed by atoms with Gasteiger partial charge in [0.2, 0.25) is 5.91 Å². The van der Waals surface area contributed by atoms with Gasteiger partial charge in [-0.2, -0.15) is 0 Å². The van der Waals surface area contributed by atoms with Crippen LogP contribution in [0.2, 0.25) is 0 Å². The molecule has 0 atom stereocenters. The Morgan fingerprint density at radius 2 is 2.22 bits per heavy atom. The Labute approximate surface area is 112 Å². The molecule has 0 spiro atoms. The number of nitrogens with zero attached hydrogens (tertiary/aromatic N) is 1. The maximum absolute atomic E-state index is 11.8. The molecule has 1 fully saturated rings. The number of hydrogen-bond donors (Lipinski definition) is 1. The van der Waals surface area contributed by atoms with E-state index in [1.807, 2.05) is 4.90 Å². The Hall–Kier alpha value is -0.910. The van der Waals surface area contributed by atoms with E-state index in [4.69, 9.17) is 4.74 Å². The molecule has 1 aromatic heterocycles. The molecule has 1 amide bonds. The summed E-state index contributed by atoms with van der Waals surface area (Å²) in [5, 5.41) is 3.32. The highest BCUT2D eigenvalue weighted by atomic mass is 32.1. The second-order valence-electron chi connectivity index (χ2n) is 4.43. The average Bonchev–Trinajstić information content (AvgIpc) is 2.81. The van der Waals surface area contributed by atoms with Crippen molar-refractivity contribution in [2.24, 2.45) is 0 Å². The number of hydrogen-bond acceptors (Lipinski definition) is 4. The van der Waals surface area contributed by atoms with E-state index in [2.05, 4.69) is 24.4 Å². The molecule has 0 aliphatic carbocycles. The number of amides is 1. The molecule has 0 unspecified atom stereocenters. The van der Waals surface area contributed by atoms with Crippen LogP contribution in [0.25, 0.3) is 0 Å². The summed E-state index contributed by atoms with van der Waals surface area (Å²) in [6.07, 6.45) is 0.574. The van der Waals surface area contributed by atoms with E-state index < -0.39 is 0 Å². The zero-order chi connectivity index (χ0) is 12.8. The largest absolute Gasteiger partial charge is 0.378 e. The molecule has 1 N–H and O–H groups in total. The predicted octanol–water partition coefficient (Wildman–Crippen LogP) is 1.40. The topological polar surface area (TPSA) is 41.6 Å². The number of morpholine rings is 1. The third-order valence-corrected chi connectivity index (χ3v) is 3.98. The van der Waals surface area contributed by atoms with E-state index in [0.717, 1.165) is 26.2 Å². The summed E-state index contributed by atoms with van der Waals surface area (Å²) in [7, 11) is 0. The van der Waals surface area contributed by atoms with Gasteiger partial charge in [0.25, 0.3) is 0 Å². The van der Waals surface area contributed by atoms with Gasteiger partial charge in [-0.1, -0.05) is 0 Å². The smallest absolute Gasteiger partial charge is 0.224 e. The minimum atomic E-state index is 0.230. The first-order valence-electron chi connectivity index (χ1n) is 6.37. The van der Waals surface area contributed by atoms with E-state index in [1.54, 1.807) is 11.3 Å². The summed E-state index contributed by atoms with van der Waals surface area (Å²) >= 11 is 1.80. The average molecular weight is 268 g/mol. The lowest BCUT2D eigenvalue weighted by atomic mass is 10.3. The molecule has 5 heteroatoms. The fourth-order valence-corrected chi connectivity index (χ4v) is 2.82. The SMILES string of the molecule is Cc1ccc(CNCCC(=O)N2CCOCC2)s1. The summed E-state index contributed by atoms with van der Waals surface area (Å²) < 4.78 is 5.23. The van der Waals surface area contributed by atoms with Crippen molar-refractivity contribution in [3.8, 4) is 0 Å². The quantitative estimate of drug-likeness (QED) is 0.821. The number of carbonyl (C=O) groups excluding carboxylic acids is 1. The third kappa shape index (κ3) is 4.08. The summed E-state index contributed by atoms with van der Waals surface area (Å²) in [6.45, 7) is 6.53. The normalized spacial score (nSPS) is 15.9. The summed E-state index contributed by atoms with van der Waals surface area (Å²) in [5.74, 6) is 0.230. The lowest BCUT2D eigenvalue weighted by Crippen LogP contribution is -2.41. The molecule has 1 aliphatic heterocycles. The number of thiophene rings is 1. The molecule has 0 bridgehead atoms. The Morgan fingerprint density at radius 1 is 1.44 bits per heavy atom. The second kappa shape index (κ2) is 6.87. The van der Waals surface area contributed by atoms with Crippen LogP contribution in [0.1, 0.15) is 16.2 Å². The van der Waals surface area contributed by atoms with Crippen molar-refractivity contribution < 1.29 is 9.53 Å². The third-order valence-electron chi connectivity index (χ3n) is 2.97. The molecule has 4 nitrogen and oxygen atoms in total. The predicted molar refractivity (Wildman–Crippen MR) is 72.8 cm³/mol. The molecule has 1 saturated heterocycles. The molecule has 100 valence electrons. The lowest BCUT2D eigenvalue weighted by Gasteiger charge is -2.26. The van der Waals surface area contributed by atoms with Gasteiger partial charge in [0, 0.05) is 42.4 Å². The molecular weight excluding hydrogens is 248 g/mol. The first-order chi connectivity index (χ1) is 8.75. The van der Waals surface area contributed by atoms with Gasteiger partial charge in [-0.3, -0.25) is 4.79 Å². The molecular formula is C13H20N2O2S. The van der Waals surface area contributed by atoms with Gasteiger partial charge in [-0.25, -0.2) is 0 Å². The van der Waals surface area contributed by atoms with Crippen LogP contribution >= 0.6 is 11.3 Å². The van der Waals surface area contributed by atoms with Crippen LogP contribution in [-0.4, -0.2) is 43.7 Å². The zero-order valence-electron chi connectivity index (χ0n) is 10.8. The van der Waals surface area contributed by atoms with Crippen LogP contribution in [0.4, 0.5) is 0 Å². The van der Waals surface area contributed by atoms with Gasteiger partial charge in [0.05, 0.1) is 13.2 Å². The van der Waals surface area contributed by atoms with Crippen molar-refractivity contribution >= 4 is 17.2 Å². The van der Waals surface area contributed by atoms with Gasteiger partial charge in [-0.15, -0.1) is 11.3 Å². The van der Waals surface area contributed by atoms with Crippen LogP contribution in [-0.2, 0) is 16.1 Å². The van der Waals surface area contributed by atoms with Crippen LogP contribution in [0.15, 0.2) is 12.1 Å². The maximum Gasteiger partial charge on any atom is 0.224 e. The van der Waals surface area contributed by atoms with Crippen LogP contribution in [0, 0.1) is 6.92 Å². The molecule has 2 rings (SSSR count). The van der Waals surface area contributed by atoms with Crippen molar-refractivity contribution in [3.05, 3.63) is 21.9 Å². The van der Waals surface area contributed by atoms with Crippen LogP contribution < -0.4 is 5.32 Å². The van der Waals surface area contributed by atoms with E-state index in [1.165, 1.54) is 9.75 Å². The van der Waals surface area contributed by atoms with Gasteiger partial charge < -0.3 is 15.0 Å². The number of aryl methyl sites for hydroxylation is 1. The summed E-state index contributed by atoms with van der Waals surface area (Å²) in [4.78, 5) is 16.4. The second-order valence-corrected chi connectivity index (χ2v) is 5.80. The molecule has 0 radical (unpaired) electrons. The standard InChI is InChI=1S/C13H20N2O2S/c1-11-2-3-12(18-11)10-14-5-4-13(16)15-6-8-17-9-7-15/h2-3,14H,4-10H2,1H3. The maximum atomic E-state index is 11.8. The molecule has 1 aliphatic rings.